The van der Waals surface area contributed by atoms with Crippen LogP contribution in [0.1, 0.15) is 37.5 Å². The maximum absolute atomic E-state index is 11.9. The topological polar surface area (TPSA) is 41.1 Å². The van der Waals surface area contributed by atoms with Crippen molar-refractivity contribution in [1.29, 1.82) is 0 Å². The predicted molar refractivity (Wildman–Crippen MR) is 84.5 cm³/mol. The van der Waals surface area contributed by atoms with Gasteiger partial charge in [-0.05, 0) is 44.1 Å². The molecule has 19 heavy (non-hydrogen) atoms. The van der Waals surface area contributed by atoms with Crippen LogP contribution in [0.3, 0.4) is 0 Å². The molecule has 0 radical (unpaired) electrons. The summed E-state index contributed by atoms with van der Waals surface area (Å²) in [6, 6.07) is 4.17. The largest absolute Gasteiger partial charge is 0.332 e. The minimum Gasteiger partial charge on any atom is -0.332 e. The highest BCUT2D eigenvalue weighted by atomic mass is 32.1. The molecule has 0 heterocycles. The number of carbonyl (C=O) groups excluding carboxylic acids is 1. The first-order valence-electron chi connectivity index (χ1n) is 6.31. The lowest BCUT2D eigenvalue weighted by atomic mass is 9.96. The molecule has 0 aromatic heterocycles. The molecule has 0 aliphatic carbocycles. The first-order chi connectivity index (χ1) is 8.61. The third-order valence-corrected chi connectivity index (χ3v) is 3.03. The maximum Gasteiger partial charge on any atom is 0.231 e. The second-order valence-corrected chi connectivity index (χ2v) is 6.34. The van der Waals surface area contributed by atoms with Crippen molar-refractivity contribution in [3.8, 4) is 0 Å². The Kier molecular flexibility index (Phi) is 4.69. The monoisotopic (exact) mass is 278 g/mol. The number of hydrogen-bond acceptors (Lipinski definition) is 2. The molecule has 0 saturated heterocycles. The SMILES string of the molecule is Cc1cc(C)c(NC(=S)NC(=O)C(C)(C)C)c(C)c1. The molecule has 3 nitrogen and oxygen atoms in total. The summed E-state index contributed by atoms with van der Waals surface area (Å²) in [5, 5.41) is 6.17. The Hall–Kier alpha value is -1.42. The Bertz CT molecular complexity index is 492. The van der Waals surface area contributed by atoms with Gasteiger partial charge in [0.2, 0.25) is 5.91 Å². The highest BCUT2D eigenvalue weighted by molar-refractivity contribution is 7.80. The maximum atomic E-state index is 11.9. The molecule has 0 aliphatic rings. The summed E-state index contributed by atoms with van der Waals surface area (Å²) in [5.74, 6) is -0.0904. The summed E-state index contributed by atoms with van der Waals surface area (Å²) >= 11 is 5.19. The zero-order chi connectivity index (χ0) is 14.8. The Labute approximate surface area is 120 Å². The first-order valence-corrected chi connectivity index (χ1v) is 6.72. The molecule has 0 spiro atoms. The van der Waals surface area contributed by atoms with E-state index in [1.165, 1.54) is 5.56 Å². The molecular weight excluding hydrogens is 256 g/mol. The standard InChI is InChI=1S/C15H22N2OS/c1-9-7-10(2)12(11(3)8-9)16-14(19)17-13(18)15(4,5)6/h7-8H,1-6H3,(H2,16,17,18,19). The molecule has 0 aliphatic heterocycles. The van der Waals surface area contributed by atoms with Crippen molar-refractivity contribution in [1.82, 2.24) is 5.32 Å². The summed E-state index contributed by atoms with van der Waals surface area (Å²) in [6.07, 6.45) is 0. The Morgan fingerprint density at radius 2 is 1.58 bits per heavy atom. The lowest BCUT2D eigenvalue weighted by Gasteiger charge is -2.20. The van der Waals surface area contributed by atoms with Crippen molar-refractivity contribution in [2.24, 2.45) is 5.41 Å². The van der Waals surface area contributed by atoms with Crippen LogP contribution in [0.4, 0.5) is 5.69 Å². The van der Waals surface area contributed by atoms with E-state index in [-0.39, 0.29) is 5.91 Å². The van der Waals surface area contributed by atoms with E-state index in [2.05, 4.69) is 29.7 Å². The normalized spacial score (nSPS) is 11.1. The van der Waals surface area contributed by atoms with Crippen LogP contribution in [0, 0.1) is 26.2 Å². The van der Waals surface area contributed by atoms with Crippen molar-refractivity contribution in [3.63, 3.8) is 0 Å². The van der Waals surface area contributed by atoms with Crippen LogP contribution < -0.4 is 10.6 Å². The zero-order valence-electron chi connectivity index (χ0n) is 12.5. The Morgan fingerprint density at radius 3 is 2.00 bits per heavy atom. The Balaban J connectivity index is 2.82. The van der Waals surface area contributed by atoms with Crippen molar-refractivity contribution in [2.45, 2.75) is 41.5 Å². The van der Waals surface area contributed by atoms with Gasteiger partial charge in [-0.2, -0.15) is 0 Å². The molecule has 0 fully saturated rings. The van der Waals surface area contributed by atoms with Crippen LogP contribution in [0.25, 0.3) is 0 Å². The average molecular weight is 278 g/mol. The Morgan fingerprint density at radius 1 is 1.11 bits per heavy atom. The van der Waals surface area contributed by atoms with E-state index in [0.717, 1.165) is 16.8 Å². The average Bonchev–Trinajstić information content (AvgIpc) is 2.21. The van der Waals surface area contributed by atoms with Crippen LogP contribution in [0.2, 0.25) is 0 Å². The minimum atomic E-state index is -0.455. The van der Waals surface area contributed by atoms with E-state index < -0.39 is 5.41 Å². The van der Waals surface area contributed by atoms with Gasteiger partial charge in [0.05, 0.1) is 0 Å². The quantitative estimate of drug-likeness (QED) is 0.773. The number of benzene rings is 1. The summed E-state index contributed by atoms with van der Waals surface area (Å²) in [4.78, 5) is 11.9. The lowest BCUT2D eigenvalue weighted by Crippen LogP contribution is -2.41. The van der Waals surface area contributed by atoms with Crippen LogP contribution >= 0.6 is 12.2 Å². The second kappa shape index (κ2) is 5.70. The van der Waals surface area contributed by atoms with E-state index >= 15 is 0 Å². The van der Waals surface area contributed by atoms with Crippen LogP contribution in [-0.2, 0) is 4.79 Å². The zero-order valence-corrected chi connectivity index (χ0v) is 13.3. The third-order valence-electron chi connectivity index (χ3n) is 2.82. The number of thiocarbonyl (C=S) groups is 1. The van der Waals surface area contributed by atoms with E-state index in [9.17, 15) is 4.79 Å². The van der Waals surface area contributed by atoms with Gasteiger partial charge >= 0.3 is 0 Å². The van der Waals surface area contributed by atoms with Crippen molar-refractivity contribution in [3.05, 3.63) is 28.8 Å². The number of carbonyl (C=O) groups is 1. The molecular formula is C15H22N2OS. The lowest BCUT2D eigenvalue weighted by molar-refractivity contribution is -0.126. The van der Waals surface area contributed by atoms with Gasteiger partial charge in [-0.25, -0.2) is 0 Å². The van der Waals surface area contributed by atoms with Gasteiger partial charge < -0.3 is 10.6 Å². The second-order valence-electron chi connectivity index (χ2n) is 5.93. The number of nitrogens with one attached hydrogen (secondary N) is 2. The van der Waals surface area contributed by atoms with Gasteiger partial charge in [-0.1, -0.05) is 38.5 Å². The van der Waals surface area contributed by atoms with Crippen LogP contribution in [0.15, 0.2) is 12.1 Å². The van der Waals surface area contributed by atoms with E-state index in [1.54, 1.807) is 0 Å². The predicted octanol–water partition coefficient (Wildman–Crippen LogP) is 3.47. The van der Waals surface area contributed by atoms with Crippen molar-refractivity contribution < 1.29 is 4.79 Å². The summed E-state index contributed by atoms with van der Waals surface area (Å²) < 4.78 is 0. The van der Waals surface area contributed by atoms with Crippen molar-refractivity contribution in [2.75, 3.05) is 5.32 Å². The fraction of sp³-hybridized carbons (Fsp3) is 0.467. The van der Waals surface area contributed by atoms with Gasteiger partial charge in [0.25, 0.3) is 0 Å². The molecule has 4 heteroatoms. The van der Waals surface area contributed by atoms with E-state index in [4.69, 9.17) is 12.2 Å². The molecule has 1 aromatic rings. The summed E-state index contributed by atoms with van der Waals surface area (Å²) in [6.45, 7) is 11.7. The fourth-order valence-electron chi connectivity index (χ4n) is 1.81. The first kappa shape index (κ1) is 15.6. The van der Waals surface area contributed by atoms with Crippen LogP contribution in [-0.4, -0.2) is 11.0 Å². The molecule has 2 N–H and O–H groups in total. The molecule has 0 atom stereocenters. The highest BCUT2D eigenvalue weighted by Gasteiger charge is 2.22. The third kappa shape index (κ3) is 4.31. The molecule has 0 unspecified atom stereocenters. The van der Waals surface area contributed by atoms with Gasteiger partial charge in [0.1, 0.15) is 0 Å². The summed E-state index contributed by atoms with van der Waals surface area (Å²) in [5.41, 5.74) is 3.95. The molecule has 1 rings (SSSR count). The number of anilines is 1. The highest BCUT2D eigenvalue weighted by Crippen LogP contribution is 2.22. The van der Waals surface area contributed by atoms with E-state index in [0.29, 0.717) is 5.11 Å². The molecule has 0 bridgehead atoms. The van der Waals surface area contributed by atoms with Crippen molar-refractivity contribution >= 4 is 28.9 Å². The molecule has 1 aromatic carbocycles. The van der Waals surface area contributed by atoms with Crippen LogP contribution in [0.5, 0.6) is 0 Å². The fourth-order valence-corrected chi connectivity index (χ4v) is 2.01. The molecule has 1 amide bonds. The van der Waals surface area contributed by atoms with Gasteiger partial charge in [-0.3, -0.25) is 4.79 Å². The molecule has 0 saturated carbocycles. The number of rotatable bonds is 1. The molecule has 104 valence electrons. The minimum absolute atomic E-state index is 0.0904. The summed E-state index contributed by atoms with van der Waals surface area (Å²) in [7, 11) is 0. The van der Waals surface area contributed by atoms with Gasteiger partial charge in [-0.15, -0.1) is 0 Å². The number of amides is 1. The number of aryl methyl sites for hydroxylation is 3. The van der Waals surface area contributed by atoms with E-state index in [1.807, 2.05) is 34.6 Å². The van der Waals surface area contributed by atoms with Gasteiger partial charge in [0, 0.05) is 11.1 Å². The van der Waals surface area contributed by atoms with Gasteiger partial charge in [0.15, 0.2) is 5.11 Å². The smallest absolute Gasteiger partial charge is 0.231 e. The number of hydrogen-bond donors (Lipinski definition) is 2.